The molecule has 2 heterocycles. The average molecular weight is 495 g/mol. The second-order valence-electron chi connectivity index (χ2n) is 6.69. The molecule has 0 spiro atoms. The van der Waals surface area contributed by atoms with Gasteiger partial charge in [-0.25, -0.2) is 9.98 Å². The van der Waals surface area contributed by atoms with Gasteiger partial charge in [0.25, 0.3) is 0 Å². The fourth-order valence-corrected chi connectivity index (χ4v) is 3.32. The van der Waals surface area contributed by atoms with Gasteiger partial charge in [-0.05, 0) is 6.42 Å². The van der Waals surface area contributed by atoms with E-state index in [1.54, 1.807) is 30.3 Å². The third kappa shape index (κ3) is 7.36. The van der Waals surface area contributed by atoms with Gasteiger partial charge >= 0.3 is 0 Å². The Kier molecular flexibility index (Phi) is 10.4. The number of halogens is 1. The number of guanidine groups is 1. The highest BCUT2D eigenvalue weighted by Crippen LogP contribution is 2.18. The summed E-state index contributed by atoms with van der Waals surface area (Å²) < 4.78 is 5.43. The molecule has 26 heavy (non-hydrogen) atoms. The Bertz CT molecular complexity index is 562. The predicted molar refractivity (Wildman–Crippen MR) is 116 cm³/mol. The normalized spacial score (nSPS) is 18.2. The van der Waals surface area contributed by atoms with Crippen LogP contribution in [0.2, 0.25) is 0 Å². The average Bonchev–Trinajstić information content (AvgIpc) is 3.27. The second kappa shape index (κ2) is 11.7. The lowest BCUT2D eigenvalue weighted by atomic mass is 10.1. The van der Waals surface area contributed by atoms with E-state index in [-0.39, 0.29) is 36.4 Å². The summed E-state index contributed by atoms with van der Waals surface area (Å²) in [6, 6.07) is 0. The minimum atomic E-state index is -0.00938. The monoisotopic (exact) mass is 495 g/mol. The third-order valence-corrected chi connectivity index (χ3v) is 5.23. The summed E-state index contributed by atoms with van der Waals surface area (Å²) in [5.74, 6) is 1.55. The van der Waals surface area contributed by atoms with Gasteiger partial charge in [0.05, 0.1) is 11.6 Å². The molecule has 1 aromatic rings. The summed E-state index contributed by atoms with van der Waals surface area (Å²) in [7, 11) is 5.49. The van der Waals surface area contributed by atoms with Crippen LogP contribution in [0.1, 0.15) is 24.3 Å². The Labute approximate surface area is 177 Å². The lowest BCUT2D eigenvalue weighted by molar-refractivity contribution is -0.127. The van der Waals surface area contributed by atoms with Gasteiger partial charge in [-0.2, -0.15) is 0 Å². The Morgan fingerprint density at radius 2 is 2.27 bits per heavy atom. The molecule has 9 heteroatoms. The van der Waals surface area contributed by atoms with E-state index in [4.69, 9.17) is 4.74 Å². The number of nitrogens with one attached hydrogen (secondary N) is 1. The number of rotatable bonds is 7. The Hall–Kier alpha value is -0.940. The number of nitrogens with zero attached hydrogens (tertiary/aromatic N) is 4. The van der Waals surface area contributed by atoms with Gasteiger partial charge in [-0.3, -0.25) is 4.79 Å². The van der Waals surface area contributed by atoms with E-state index in [1.807, 2.05) is 18.6 Å². The van der Waals surface area contributed by atoms with Crippen LogP contribution in [-0.4, -0.2) is 80.6 Å². The molecule has 0 aromatic carbocycles. The number of carbonyl (C=O) groups is 1. The molecule has 1 amide bonds. The predicted octanol–water partition coefficient (Wildman–Crippen LogP) is 1.87. The van der Waals surface area contributed by atoms with Gasteiger partial charge in [-0.15, -0.1) is 35.3 Å². The first-order valence-electron chi connectivity index (χ1n) is 8.64. The van der Waals surface area contributed by atoms with Gasteiger partial charge in [0.1, 0.15) is 6.54 Å². The fourth-order valence-electron chi connectivity index (χ4n) is 2.63. The van der Waals surface area contributed by atoms with Crippen LogP contribution in [0, 0.1) is 5.92 Å². The Morgan fingerprint density at radius 3 is 2.85 bits per heavy atom. The molecule has 0 bridgehead atoms. The van der Waals surface area contributed by atoms with E-state index in [0.29, 0.717) is 11.8 Å². The van der Waals surface area contributed by atoms with Gasteiger partial charge in [-0.1, -0.05) is 6.92 Å². The maximum absolute atomic E-state index is 11.9. The Balaban J connectivity index is 0.00000338. The van der Waals surface area contributed by atoms with Crippen molar-refractivity contribution in [3.63, 3.8) is 0 Å². The summed E-state index contributed by atoms with van der Waals surface area (Å²) >= 11 is 1.67. The SMILES string of the molecule is CC(CN(C)C(=NCC(=O)N(C)C)NCC1CCOC1)c1nccs1.I. The molecule has 1 aromatic heterocycles. The molecule has 0 radical (unpaired) electrons. The number of amides is 1. The zero-order chi connectivity index (χ0) is 18.2. The molecule has 0 saturated carbocycles. The molecule has 7 nitrogen and oxygen atoms in total. The van der Waals surface area contributed by atoms with Gasteiger partial charge in [0, 0.05) is 64.3 Å². The van der Waals surface area contributed by atoms with Crippen LogP contribution in [0.25, 0.3) is 0 Å². The number of thiazole rings is 1. The van der Waals surface area contributed by atoms with Crippen molar-refractivity contribution >= 4 is 47.2 Å². The molecule has 1 saturated heterocycles. The number of aromatic nitrogens is 1. The number of carbonyl (C=O) groups excluding carboxylic acids is 1. The highest BCUT2D eigenvalue weighted by Gasteiger charge is 2.19. The topological polar surface area (TPSA) is 70.1 Å². The van der Waals surface area contributed by atoms with Crippen LogP contribution in [0.15, 0.2) is 16.6 Å². The summed E-state index contributed by atoms with van der Waals surface area (Å²) in [5, 5.41) is 6.52. The van der Waals surface area contributed by atoms with Crippen molar-refractivity contribution in [2.45, 2.75) is 19.3 Å². The van der Waals surface area contributed by atoms with E-state index in [0.717, 1.165) is 43.7 Å². The molecule has 148 valence electrons. The van der Waals surface area contributed by atoms with Crippen molar-refractivity contribution in [3.8, 4) is 0 Å². The largest absolute Gasteiger partial charge is 0.381 e. The summed E-state index contributed by atoms with van der Waals surface area (Å²) in [6.45, 7) is 5.52. The minimum absolute atomic E-state index is 0. The first-order chi connectivity index (χ1) is 12.0. The van der Waals surface area contributed by atoms with Crippen LogP contribution in [0.5, 0.6) is 0 Å². The number of hydrogen-bond acceptors (Lipinski definition) is 5. The summed E-state index contributed by atoms with van der Waals surface area (Å²) in [4.78, 5) is 24.4. The van der Waals surface area contributed by atoms with Crippen LogP contribution in [-0.2, 0) is 9.53 Å². The van der Waals surface area contributed by atoms with Crippen molar-refractivity contribution < 1.29 is 9.53 Å². The maximum atomic E-state index is 11.9. The molecule has 1 aliphatic rings. The highest BCUT2D eigenvalue weighted by atomic mass is 127. The Morgan fingerprint density at radius 1 is 1.50 bits per heavy atom. The zero-order valence-electron chi connectivity index (χ0n) is 16.0. The molecule has 0 aliphatic carbocycles. The molecule has 1 aliphatic heterocycles. The van der Waals surface area contributed by atoms with Crippen LogP contribution in [0.4, 0.5) is 0 Å². The fraction of sp³-hybridized carbons (Fsp3) is 0.706. The molecular formula is C17H30IN5O2S. The third-order valence-electron chi connectivity index (χ3n) is 4.22. The van der Waals surface area contributed by atoms with Crippen molar-refractivity contribution in [3.05, 3.63) is 16.6 Å². The lowest BCUT2D eigenvalue weighted by Crippen LogP contribution is -2.43. The van der Waals surface area contributed by atoms with Crippen LogP contribution < -0.4 is 5.32 Å². The smallest absolute Gasteiger partial charge is 0.243 e. The zero-order valence-corrected chi connectivity index (χ0v) is 19.1. The van der Waals surface area contributed by atoms with Crippen molar-refractivity contribution in [1.82, 2.24) is 20.1 Å². The minimum Gasteiger partial charge on any atom is -0.381 e. The molecule has 2 rings (SSSR count). The molecule has 2 atom stereocenters. The summed E-state index contributed by atoms with van der Waals surface area (Å²) in [6.07, 6.45) is 2.90. The summed E-state index contributed by atoms with van der Waals surface area (Å²) in [5.41, 5.74) is 0. The van der Waals surface area contributed by atoms with Crippen LogP contribution in [0.3, 0.4) is 0 Å². The van der Waals surface area contributed by atoms with E-state index in [2.05, 4.69) is 27.1 Å². The van der Waals surface area contributed by atoms with E-state index in [9.17, 15) is 4.79 Å². The van der Waals surface area contributed by atoms with Gasteiger partial charge < -0.3 is 19.9 Å². The molecular weight excluding hydrogens is 465 g/mol. The van der Waals surface area contributed by atoms with Crippen LogP contribution >= 0.6 is 35.3 Å². The van der Waals surface area contributed by atoms with Crippen molar-refractivity contribution in [2.75, 3.05) is 54.0 Å². The number of likely N-dealkylation sites (N-methyl/N-ethyl adjacent to an activating group) is 2. The number of aliphatic imine (C=N–C) groups is 1. The standard InChI is InChI=1S/C17H29N5O2S.HI/c1-13(16-18-6-8-25-16)11-22(4)17(20-10-15(23)21(2)3)19-9-14-5-7-24-12-14;/h6,8,13-14H,5,7,9-12H2,1-4H3,(H,19,20);1H. The van der Waals surface area contributed by atoms with E-state index in [1.165, 1.54) is 0 Å². The van der Waals surface area contributed by atoms with E-state index < -0.39 is 0 Å². The second-order valence-corrected chi connectivity index (χ2v) is 7.62. The quantitative estimate of drug-likeness (QED) is 0.356. The first kappa shape index (κ1) is 23.1. The number of hydrogen-bond donors (Lipinski definition) is 1. The van der Waals surface area contributed by atoms with Gasteiger partial charge in [0.15, 0.2) is 5.96 Å². The highest BCUT2D eigenvalue weighted by molar-refractivity contribution is 14.0. The molecule has 1 fully saturated rings. The first-order valence-corrected chi connectivity index (χ1v) is 9.52. The lowest BCUT2D eigenvalue weighted by Gasteiger charge is -2.26. The van der Waals surface area contributed by atoms with Crippen molar-refractivity contribution in [1.29, 1.82) is 0 Å². The van der Waals surface area contributed by atoms with E-state index >= 15 is 0 Å². The molecule has 2 unspecified atom stereocenters. The van der Waals surface area contributed by atoms with Gasteiger partial charge in [0.2, 0.25) is 5.91 Å². The molecule has 1 N–H and O–H groups in total. The van der Waals surface area contributed by atoms with Crippen molar-refractivity contribution in [2.24, 2.45) is 10.9 Å². The number of ether oxygens (including phenoxy) is 1. The maximum Gasteiger partial charge on any atom is 0.243 e.